The number of β-amino-alcohol motifs (C(OH)–C–C–N with tert-alkyl or cyclic N) is 1. The number of aliphatic hydroxyl groups is 1. The van der Waals surface area contributed by atoms with Gasteiger partial charge < -0.3 is 14.8 Å². The number of hydrogen-bond donors (Lipinski definition) is 3. The molecule has 0 aliphatic carbocycles. The molecule has 0 radical (unpaired) electrons. The van der Waals surface area contributed by atoms with E-state index >= 15 is 0 Å². The van der Waals surface area contributed by atoms with Gasteiger partial charge in [0.1, 0.15) is 5.82 Å². The van der Waals surface area contributed by atoms with Gasteiger partial charge in [0.2, 0.25) is 11.7 Å². The second-order valence-electron chi connectivity index (χ2n) is 7.26. The molecule has 3 N–H and O–H groups in total. The summed E-state index contributed by atoms with van der Waals surface area (Å²) < 4.78 is 19.3. The Labute approximate surface area is 166 Å². The molecule has 0 saturated carbocycles. The molecular weight excluding hydrogens is 379 g/mol. The molecule has 0 spiro atoms. The number of aryl methyl sites for hydroxylation is 1. The van der Waals surface area contributed by atoms with Crippen LogP contribution in [0.3, 0.4) is 0 Å². The Kier molecular flexibility index (Phi) is 5.39. The number of hydrogen-bond acceptors (Lipinski definition) is 7. The predicted octanol–water partition coefficient (Wildman–Crippen LogP) is 1.90. The van der Waals surface area contributed by atoms with Gasteiger partial charge in [0.25, 0.3) is 0 Å². The van der Waals surface area contributed by atoms with Crippen LogP contribution in [0.25, 0.3) is 11.4 Å². The van der Waals surface area contributed by atoms with Crippen molar-refractivity contribution in [2.24, 2.45) is 0 Å². The molecule has 2 aromatic carbocycles. The van der Waals surface area contributed by atoms with Crippen LogP contribution < -0.4 is 5.23 Å². The van der Waals surface area contributed by atoms with E-state index in [-0.39, 0.29) is 17.5 Å². The maximum absolute atomic E-state index is 13.8. The summed E-state index contributed by atoms with van der Waals surface area (Å²) in [7, 11) is 0. The van der Waals surface area contributed by atoms with Gasteiger partial charge in [0.05, 0.1) is 12.1 Å². The van der Waals surface area contributed by atoms with E-state index in [2.05, 4.69) is 10.1 Å². The fraction of sp³-hybridized carbons (Fsp3) is 0.300. The number of aromatic nitrogens is 2. The number of nitrogens with one attached hydrogen (secondary N) is 1. The largest absolute Gasteiger partial charge is 0.595 e. The Balaban J connectivity index is 1.53. The van der Waals surface area contributed by atoms with E-state index in [4.69, 9.17) is 9.73 Å². The summed E-state index contributed by atoms with van der Waals surface area (Å²) in [5, 5.41) is 33.2. The molecule has 29 heavy (non-hydrogen) atoms. The molecule has 1 aliphatic rings. The smallest absolute Gasteiger partial charge is 0.244 e. The standard InChI is InChI=1S/C20H21FN4O4/c1-12-2-5-14(8-17(12)21)19-22-20(29-23-19)18-9-16(26)11-24(18)10-13-3-6-15(7-4-13)25(27)28/h2-8,16,18,25-27H,9-11H2,1H3. The van der Waals surface area contributed by atoms with E-state index in [1.165, 1.54) is 6.07 Å². The highest BCUT2D eigenvalue weighted by Crippen LogP contribution is 2.33. The summed E-state index contributed by atoms with van der Waals surface area (Å²) in [6, 6.07) is 11.1. The van der Waals surface area contributed by atoms with Crippen molar-refractivity contribution in [2.45, 2.75) is 32.0 Å². The number of likely N-dealkylation sites (tertiary alicyclic amines) is 1. The third-order valence-corrected chi connectivity index (χ3v) is 5.12. The van der Waals surface area contributed by atoms with Crippen LogP contribution >= 0.6 is 0 Å². The molecule has 3 atom stereocenters. The Hall–Kier alpha value is -2.69. The summed E-state index contributed by atoms with van der Waals surface area (Å²) >= 11 is 0. The molecule has 0 bridgehead atoms. The molecule has 3 unspecified atom stereocenters. The zero-order chi connectivity index (χ0) is 20.5. The van der Waals surface area contributed by atoms with Gasteiger partial charge in [-0.05, 0) is 30.5 Å². The van der Waals surface area contributed by atoms with E-state index in [0.29, 0.717) is 42.4 Å². The van der Waals surface area contributed by atoms with Crippen molar-refractivity contribution >= 4 is 5.69 Å². The Morgan fingerprint density at radius 2 is 2.03 bits per heavy atom. The SMILES string of the molecule is Cc1ccc(-c2noc(C3CC(O)CN3Cc3ccc([NH+]([O-])O)cc3)n2)cc1F. The second kappa shape index (κ2) is 7.97. The minimum atomic E-state index is -0.975. The van der Waals surface area contributed by atoms with Crippen molar-refractivity contribution in [3.63, 3.8) is 0 Å². The molecular formula is C20H21FN4O4. The van der Waals surface area contributed by atoms with Crippen LogP contribution in [0.5, 0.6) is 0 Å². The van der Waals surface area contributed by atoms with E-state index in [1.807, 2.05) is 4.90 Å². The average Bonchev–Trinajstić information content (AvgIpc) is 3.31. The van der Waals surface area contributed by atoms with Crippen molar-refractivity contribution < 1.29 is 24.5 Å². The molecule has 1 aliphatic heterocycles. The van der Waals surface area contributed by atoms with Crippen molar-refractivity contribution in [3.05, 3.63) is 70.5 Å². The first-order valence-corrected chi connectivity index (χ1v) is 9.25. The van der Waals surface area contributed by atoms with Crippen LogP contribution in [0.1, 0.15) is 29.5 Å². The molecule has 1 aromatic heterocycles. The quantitative estimate of drug-likeness (QED) is 0.561. The molecule has 9 heteroatoms. The Morgan fingerprint density at radius 3 is 2.72 bits per heavy atom. The van der Waals surface area contributed by atoms with Crippen LogP contribution in [0.15, 0.2) is 47.0 Å². The first-order chi connectivity index (χ1) is 13.9. The summed E-state index contributed by atoms with van der Waals surface area (Å²) in [6.45, 7) is 2.61. The Bertz CT molecular complexity index is 992. The monoisotopic (exact) mass is 400 g/mol. The van der Waals surface area contributed by atoms with Crippen molar-refractivity contribution in [3.8, 4) is 11.4 Å². The summed E-state index contributed by atoms with van der Waals surface area (Å²) in [6.07, 6.45) is -0.0950. The number of nitrogens with zero attached hydrogens (tertiary/aromatic N) is 3. The number of rotatable bonds is 5. The van der Waals surface area contributed by atoms with Gasteiger partial charge in [-0.25, -0.2) is 9.60 Å². The number of aliphatic hydroxyl groups excluding tert-OH is 1. The van der Waals surface area contributed by atoms with E-state index in [1.54, 1.807) is 43.3 Å². The summed E-state index contributed by atoms with van der Waals surface area (Å²) in [5.74, 6) is 0.322. The highest BCUT2D eigenvalue weighted by molar-refractivity contribution is 5.55. The lowest BCUT2D eigenvalue weighted by molar-refractivity contribution is -0.991. The maximum Gasteiger partial charge on any atom is 0.244 e. The van der Waals surface area contributed by atoms with Gasteiger partial charge in [-0.3, -0.25) is 4.90 Å². The third kappa shape index (κ3) is 4.19. The first kappa shape index (κ1) is 19.6. The predicted molar refractivity (Wildman–Crippen MR) is 100 cm³/mol. The lowest BCUT2D eigenvalue weighted by atomic mass is 10.1. The van der Waals surface area contributed by atoms with Gasteiger partial charge in [0, 0.05) is 30.8 Å². The van der Waals surface area contributed by atoms with E-state index < -0.39 is 11.3 Å². The molecule has 8 nitrogen and oxygen atoms in total. The molecule has 0 amide bonds. The lowest BCUT2D eigenvalue weighted by Crippen LogP contribution is -2.99. The average molecular weight is 400 g/mol. The Morgan fingerprint density at radius 1 is 1.28 bits per heavy atom. The molecule has 1 saturated heterocycles. The molecule has 1 fully saturated rings. The first-order valence-electron chi connectivity index (χ1n) is 9.25. The van der Waals surface area contributed by atoms with E-state index in [9.17, 15) is 14.7 Å². The maximum atomic E-state index is 13.8. The fourth-order valence-corrected chi connectivity index (χ4v) is 3.52. The molecule has 152 valence electrons. The van der Waals surface area contributed by atoms with Crippen LogP contribution in [-0.2, 0) is 6.54 Å². The summed E-state index contributed by atoms with van der Waals surface area (Å²) in [5.41, 5.74) is 2.20. The molecule has 3 aromatic rings. The summed E-state index contributed by atoms with van der Waals surface area (Å²) in [4.78, 5) is 6.43. The number of halogens is 1. The number of benzene rings is 2. The van der Waals surface area contributed by atoms with Gasteiger partial charge >= 0.3 is 0 Å². The van der Waals surface area contributed by atoms with Gasteiger partial charge in [-0.15, -0.1) is 0 Å². The highest BCUT2D eigenvalue weighted by Gasteiger charge is 2.36. The zero-order valence-electron chi connectivity index (χ0n) is 15.7. The number of quaternary nitrogens is 1. The van der Waals surface area contributed by atoms with Crippen LogP contribution in [-0.4, -0.2) is 38.0 Å². The fourth-order valence-electron chi connectivity index (χ4n) is 3.52. The van der Waals surface area contributed by atoms with Gasteiger partial charge in [0.15, 0.2) is 5.69 Å². The minimum absolute atomic E-state index is 0.221. The second-order valence-corrected chi connectivity index (χ2v) is 7.26. The highest BCUT2D eigenvalue weighted by atomic mass is 19.1. The van der Waals surface area contributed by atoms with Gasteiger partial charge in [-0.1, -0.05) is 29.4 Å². The minimum Gasteiger partial charge on any atom is -0.595 e. The van der Waals surface area contributed by atoms with Crippen LogP contribution in [0, 0.1) is 17.9 Å². The topological polar surface area (TPSA) is 110 Å². The van der Waals surface area contributed by atoms with E-state index in [0.717, 1.165) is 5.56 Å². The van der Waals surface area contributed by atoms with Crippen molar-refractivity contribution in [1.82, 2.24) is 15.0 Å². The van der Waals surface area contributed by atoms with Crippen molar-refractivity contribution in [1.29, 1.82) is 0 Å². The normalized spacial score (nSPS) is 20.9. The molecule has 4 rings (SSSR count). The third-order valence-electron chi connectivity index (χ3n) is 5.12. The van der Waals surface area contributed by atoms with Crippen molar-refractivity contribution in [2.75, 3.05) is 6.54 Å². The van der Waals surface area contributed by atoms with Crippen LogP contribution in [0.4, 0.5) is 10.1 Å². The van der Waals surface area contributed by atoms with Gasteiger partial charge in [-0.2, -0.15) is 10.2 Å². The zero-order valence-corrected chi connectivity index (χ0v) is 15.7. The molecule has 2 heterocycles. The lowest BCUT2D eigenvalue weighted by Gasteiger charge is -2.21. The van der Waals surface area contributed by atoms with Crippen LogP contribution in [0.2, 0.25) is 0 Å².